The summed E-state index contributed by atoms with van der Waals surface area (Å²) >= 11 is 0. The van der Waals surface area contributed by atoms with Crippen LogP contribution in [0.25, 0.3) is 11.0 Å². The van der Waals surface area contributed by atoms with E-state index in [1.165, 1.54) is 0 Å². The number of amides is 1. The molecule has 1 aromatic heterocycles. The molecule has 0 radical (unpaired) electrons. The normalized spacial score (nSPS) is 15.2. The molecule has 0 aliphatic heterocycles. The molecule has 0 saturated carbocycles. The molecular weight excluding hydrogens is 350 g/mol. The summed E-state index contributed by atoms with van der Waals surface area (Å²) < 4.78 is 10.8. The van der Waals surface area contributed by atoms with Gasteiger partial charge >= 0.3 is 11.6 Å². The molecule has 1 amide bonds. The molecule has 0 unspecified atom stereocenters. The minimum atomic E-state index is -1.07. The zero-order valence-electron chi connectivity index (χ0n) is 15.4. The van der Waals surface area contributed by atoms with Crippen molar-refractivity contribution in [2.45, 2.75) is 45.6 Å². The highest BCUT2D eigenvalue weighted by molar-refractivity contribution is 5.85. The van der Waals surface area contributed by atoms with Crippen LogP contribution >= 0.6 is 0 Å². The number of hydrogen-bond donors (Lipinski definition) is 2. The van der Waals surface area contributed by atoms with Crippen LogP contribution in [0.1, 0.15) is 37.8 Å². The molecule has 3 rings (SSSR count). The number of carboxylic acids is 1. The van der Waals surface area contributed by atoms with E-state index >= 15 is 0 Å². The molecule has 0 saturated heterocycles. The third-order valence-corrected chi connectivity index (χ3v) is 5.11. The van der Waals surface area contributed by atoms with E-state index in [9.17, 15) is 19.5 Å². The SMILES string of the molecule is CC[C@H](C)[C@H](NC(=O)COc1ccc2c3c(c(=O)oc2c1)CCC3)C(=O)O. The number of ether oxygens (including phenoxy) is 1. The van der Waals surface area contributed by atoms with E-state index < -0.39 is 17.9 Å². The standard InChI is InChI=1S/C20H23NO6/c1-3-11(2)18(19(23)24)21-17(22)10-26-12-7-8-14-13-5-4-6-15(13)20(25)27-16(14)9-12/h7-9,11,18H,3-6,10H2,1-2H3,(H,21,22)(H,23,24)/t11-,18-/m0/s1. The minimum absolute atomic E-state index is 0.191. The van der Waals surface area contributed by atoms with E-state index in [0.29, 0.717) is 17.8 Å². The molecule has 0 fully saturated rings. The van der Waals surface area contributed by atoms with Gasteiger partial charge in [0.2, 0.25) is 0 Å². The van der Waals surface area contributed by atoms with Crippen molar-refractivity contribution >= 4 is 22.8 Å². The molecule has 144 valence electrons. The van der Waals surface area contributed by atoms with Gasteiger partial charge in [-0.05, 0) is 42.9 Å². The van der Waals surface area contributed by atoms with Crippen molar-refractivity contribution in [1.29, 1.82) is 0 Å². The number of carbonyl (C=O) groups is 2. The average molecular weight is 373 g/mol. The van der Waals surface area contributed by atoms with E-state index in [4.69, 9.17) is 9.15 Å². The third-order valence-electron chi connectivity index (χ3n) is 5.11. The van der Waals surface area contributed by atoms with Crippen molar-refractivity contribution in [2.24, 2.45) is 5.92 Å². The van der Waals surface area contributed by atoms with Crippen LogP contribution in [0, 0.1) is 5.92 Å². The minimum Gasteiger partial charge on any atom is -0.484 e. The number of fused-ring (bicyclic) bond motifs is 3. The Balaban J connectivity index is 1.70. The molecule has 2 atom stereocenters. The number of nitrogens with one attached hydrogen (secondary N) is 1. The zero-order chi connectivity index (χ0) is 19.6. The summed E-state index contributed by atoms with van der Waals surface area (Å²) in [6, 6.07) is 4.18. The Labute approximate surface area is 156 Å². The lowest BCUT2D eigenvalue weighted by Gasteiger charge is -2.20. The number of aryl methyl sites for hydroxylation is 1. The molecule has 7 heteroatoms. The van der Waals surface area contributed by atoms with Crippen molar-refractivity contribution in [3.63, 3.8) is 0 Å². The van der Waals surface area contributed by atoms with Gasteiger partial charge in [0.1, 0.15) is 17.4 Å². The Hall–Kier alpha value is -2.83. The van der Waals surface area contributed by atoms with Crippen molar-refractivity contribution in [1.82, 2.24) is 5.32 Å². The summed E-state index contributed by atoms with van der Waals surface area (Å²) in [5.74, 6) is -1.39. The Kier molecular flexibility index (Phi) is 5.48. The Bertz CT molecular complexity index is 932. The van der Waals surface area contributed by atoms with Gasteiger partial charge in [-0.1, -0.05) is 20.3 Å². The van der Waals surface area contributed by atoms with Gasteiger partial charge in [0.25, 0.3) is 5.91 Å². The van der Waals surface area contributed by atoms with Gasteiger partial charge in [0, 0.05) is 17.0 Å². The van der Waals surface area contributed by atoms with E-state index in [-0.39, 0.29) is 18.2 Å². The van der Waals surface area contributed by atoms with E-state index in [0.717, 1.165) is 35.8 Å². The first-order valence-corrected chi connectivity index (χ1v) is 9.14. The number of hydrogen-bond acceptors (Lipinski definition) is 5. The van der Waals surface area contributed by atoms with Crippen LogP contribution in [0.15, 0.2) is 27.4 Å². The molecule has 0 bridgehead atoms. The second-order valence-corrected chi connectivity index (χ2v) is 6.92. The van der Waals surface area contributed by atoms with Gasteiger partial charge in [-0.15, -0.1) is 0 Å². The summed E-state index contributed by atoms with van der Waals surface area (Å²) in [6.07, 6.45) is 3.17. The lowest BCUT2D eigenvalue weighted by Crippen LogP contribution is -2.46. The summed E-state index contributed by atoms with van der Waals surface area (Å²) in [6.45, 7) is 3.31. The number of rotatable bonds is 7. The predicted molar refractivity (Wildman–Crippen MR) is 99.0 cm³/mol. The highest BCUT2D eigenvalue weighted by Crippen LogP contribution is 2.29. The smallest absolute Gasteiger partial charge is 0.339 e. The predicted octanol–water partition coefficient (Wildman–Crippen LogP) is 2.28. The first-order valence-electron chi connectivity index (χ1n) is 9.14. The second kappa shape index (κ2) is 7.82. The molecule has 0 spiro atoms. The molecule has 1 heterocycles. The fourth-order valence-corrected chi connectivity index (χ4v) is 3.40. The highest BCUT2D eigenvalue weighted by atomic mass is 16.5. The van der Waals surface area contributed by atoms with Crippen LogP contribution in [0.4, 0.5) is 0 Å². The first kappa shape index (κ1) is 18.9. The third kappa shape index (κ3) is 3.97. The highest BCUT2D eigenvalue weighted by Gasteiger charge is 2.25. The molecule has 1 aromatic carbocycles. The number of aliphatic carboxylic acids is 1. The lowest BCUT2D eigenvalue weighted by atomic mass is 9.99. The summed E-state index contributed by atoms with van der Waals surface area (Å²) in [7, 11) is 0. The maximum atomic E-state index is 12.1. The second-order valence-electron chi connectivity index (χ2n) is 6.92. The van der Waals surface area contributed by atoms with Crippen LogP contribution in [0.5, 0.6) is 5.75 Å². The molecule has 2 N–H and O–H groups in total. The van der Waals surface area contributed by atoms with Gasteiger partial charge in [0.05, 0.1) is 0 Å². The van der Waals surface area contributed by atoms with Gasteiger partial charge in [-0.3, -0.25) is 4.79 Å². The molecular formula is C20H23NO6. The number of carbonyl (C=O) groups excluding carboxylic acids is 1. The Morgan fingerprint density at radius 2 is 2.04 bits per heavy atom. The fraction of sp³-hybridized carbons (Fsp3) is 0.450. The van der Waals surface area contributed by atoms with Gasteiger partial charge in [-0.2, -0.15) is 0 Å². The quantitative estimate of drug-likeness (QED) is 0.721. The van der Waals surface area contributed by atoms with E-state index in [1.807, 2.05) is 13.0 Å². The Morgan fingerprint density at radius 1 is 1.30 bits per heavy atom. The molecule has 2 aromatic rings. The van der Waals surface area contributed by atoms with Gasteiger partial charge in [0.15, 0.2) is 6.61 Å². The summed E-state index contributed by atoms with van der Waals surface area (Å²) in [5, 5.41) is 12.6. The maximum absolute atomic E-state index is 12.1. The first-order chi connectivity index (χ1) is 12.9. The molecule has 27 heavy (non-hydrogen) atoms. The van der Waals surface area contributed by atoms with Crippen molar-refractivity contribution in [3.05, 3.63) is 39.7 Å². The van der Waals surface area contributed by atoms with Gasteiger partial charge < -0.3 is 19.6 Å². The molecule has 7 nitrogen and oxygen atoms in total. The van der Waals surface area contributed by atoms with Crippen LogP contribution in [0.2, 0.25) is 0 Å². The van der Waals surface area contributed by atoms with Crippen molar-refractivity contribution < 1.29 is 23.8 Å². The molecule has 1 aliphatic rings. The van der Waals surface area contributed by atoms with Crippen LogP contribution < -0.4 is 15.7 Å². The Morgan fingerprint density at radius 3 is 2.74 bits per heavy atom. The fourth-order valence-electron chi connectivity index (χ4n) is 3.40. The largest absolute Gasteiger partial charge is 0.484 e. The maximum Gasteiger partial charge on any atom is 0.339 e. The number of carboxylic acid groups (broad SMARTS) is 1. The number of benzene rings is 1. The average Bonchev–Trinajstić information content (AvgIpc) is 3.14. The van der Waals surface area contributed by atoms with Crippen LogP contribution in [-0.4, -0.2) is 29.6 Å². The topological polar surface area (TPSA) is 106 Å². The molecule has 1 aliphatic carbocycles. The van der Waals surface area contributed by atoms with Crippen LogP contribution in [-0.2, 0) is 22.4 Å². The monoisotopic (exact) mass is 373 g/mol. The van der Waals surface area contributed by atoms with Gasteiger partial charge in [-0.25, -0.2) is 9.59 Å². The zero-order valence-corrected chi connectivity index (χ0v) is 15.4. The van der Waals surface area contributed by atoms with Crippen LogP contribution in [0.3, 0.4) is 0 Å². The lowest BCUT2D eigenvalue weighted by molar-refractivity contribution is -0.143. The van der Waals surface area contributed by atoms with Crippen molar-refractivity contribution in [2.75, 3.05) is 6.61 Å². The van der Waals surface area contributed by atoms with Crippen molar-refractivity contribution in [3.8, 4) is 5.75 Å². The summed E-state index contributed by atoms with van der Waals surface area (Å²) in [4.78, 5) is 35.4. The summed E-state index contributed by atoms with van der Waals surface area (Å²) in [5.41, 5.74) is 1.90. The van der Waals surface area contributed by atoms with E-state index in [1.54, 1.807) is 19.1 Å². The van der Waals surface area contributed by atoms with E-state index in [2.05, 4.69) is 5.32 Å².